The molecule has 0 saturated carbocycles. The van der Waals surface area contributed by atoms with Crippen molar-refractivity contribution >= 4 is 22.9 Å². The molecule has 0 aliphatic heterocycles. The molecular weight excluding hydrogens is 348 g/mol. The highest BCUT2D eigenvalue weighted by atomic mass is 32.1. The van der Waals surface area contributed by atoms with Gasteiger partial charge in [-0.3, -0.25) is 4.79 Å². The normalized spacial score (nSPS) is 10.4. The van der Waals surface area contributed by atoms with Gasteiger partial charge in [0.05, 0.1) is 17.3 Å². The minimum atomic E-state index is -0.171. The van der Waals surface area contributed by atoms with Crippen molar-refractivity contribution < 1.29 is 14.3 Å². The van der Waals surface area contributed by atoms with Crippen molar-refractivity contribution in [1.29, 1.82) is 0 Å². The number of nitrogens with zero attached hydrogens (tertiary/aromatic N) is 1. The van der Waals surface area contributed by atoms with Crippen molar-refractivity contribution in [1.82, 2.24) is 4.98 Å². The molecule has 0 radical (unpaired) electrons. The molecule has 1 heterocycles. The van der Waals surface area contributed by atoms with E-state index in [0.717, 1.165) is 22.1 Å². The lowest BCUT2D eigenvalue weighted by Gasteiger charge is -2.08. The molecule has 0 atom stereocenters. The third kappa shape index (κ3) is 4.83. The molecule has 3 aromatic rings. The Labute approximate surface area is 156 Å². The zero-order chi connectivity index (χ0) is 18.4. The first-order valence-electron chi connectivity index (χ1n) is 8.32. The number of thiazole rings is 1. The number of aromatic nitrogens is 1. The van der Waals surface area contributed by atoms with Gasteiger partial charge in [-0.15, -0.1) is 11.3 Å². The number of hydrogen-bond donors (Lipinski definition) is 1. The van der Waals surface area contributed by atoms with Crippen LogP contribution in [0.5, 0.6) is 11.5 Å². The molecule has 0 fully saturated rings. The van der Waals surface area contributed by atoms with E-state index in [1.54, 1.807) is 35.6 Å². The van der Waals surface area contributed by atoms with Crippen LogP contribution in [0.25, 0.3) is 0 Å². The number of ether oxygens (including phenoxy) is 2. The van der Waals surface area contributed by atoms with Gasteiger partial charge >= 0.3 is 0 Å². The lowest BCUT2D eigenvalue weighted by atomic mass is 10.2. The molecule has 0 unspecified atom stereocenters. The average molecular weight is 368 g/mol. The predicted octanol–water partition coefficient (Wildman–Crippen LogP) is 4.68. The van der Waals surface area contributed by atoms with Crippen LogP contribution in [-0.4, -0.2) is 17.5 Å². The maximum atomic E-state index is 12.3. The topological polar surface area (TPSA) is 60.5 Å². The van der Waals surface area contributed by atoms with Crippen molar-refractivity contribution in [2.75, 3.05) is 11.9 Å². The summed E-state index contributed by atoms with van der Waals surface area (Å²) in [7, 11) is 0. The van der Waals surface area contributed by atoms with E-state index >= 15 is 0 Å². The van der Waals surface area contributed by atoms with Crippen LogP contribution in [0.2, 0.25) is 0 Å². The Balaban J connectivity index is 1.56. The molecule has 134 valence electrons. The van der Waals surface area contributed by atoms with E-state index < -0.39 is 0 Å². The van der Waals surface area contributed by atoms with Crippen molar-refractivity contribution in [3.63, 3.8) is 0 Å². The van der Waals surface area contributed by atoms with Gasteiger partial charge in [0.1, 0.15) is 18.1 Å². The fourth-order valence-corrected chi connectivity index (χ4v) is 2.94. The van der Waals surface area contributed by atoms with Crippen LogP contribution in [-0.2, 0) is 6.61 Å². The van der Waals surface area contributed by atoms with Gasteiger partial charge in [0.2, 0.25) is 0 Å². The van der Waals surface area contributed by atoms with Gasteiger partial charge in [0.15, 0.2) is 0 Å². The van der Waals surface area contributed by atoms with Crippen LogP contribution in [0.3, 0.4) is 0 Å². The fraction of sp³-hybridized carbons (Fsp3) is 0.200. The lowest BCUT2D eigenvalue weighted by molar-refractivity contribution is 0.102. The summed E-state index contributed by atoms with van der Waals surface area (Å²) in [5.41, 5.74) is 2.19. The van der Waals surface area contributed by atoms with E-state index in [0.29, 0.717) is 24.5 Å². The Morgan fingerprint density at radius 1 is 1.04 bits per heavy atom. The van der Waals surface area contributed by atoms with Crippen molar-refractivity contribution in [2.45, 2.75) is 20.5 Å². The highest BCUT2D eigenvalue weighted by molar-refractivity contribution is 7.09. The third-order valence-electron chi connectivity index (χ3n) is 3.59. The average Bonchev–Trinajstić information content (AvgIpc) is 3.07. The Morgan fingerprint density at radius 3 is 2.31 bits per heavy atom. The molecule has 0 bridgehead atoms. The molecule has 0 aliphatic rings. The second-order valence-corrected chi connectivity index (χ2v) is 6.64. The van der Waals surface area contributed by atoms with Gasteiger partial charge in [-0.25, -0.2) is 4.98 Å². The molecule has 2 aromatic carbocycles. The summed E-state index contributed by atoms with van der Waals surface area (Å²) in [6.45, 7) is 4.93. The minimum absolute atomic E-state index is 0.171. The number of benzene rings is 2. The predicted molar refractivity (Wildman–Crippen MR) is 103 cm³/mol. The van der Waals surface area contributed by atoms with Crippen LogP contribution in [0, 0.1) is 6.92 Å². The number of nitrogens with one attached hydrogen (secondary N) is 1. The second kappa shape index (κ2) is 8.49. The minimum Gasteiger partial charge on any atom is -0.494 e. The maximum Gasteiger partial charge on any atom is 0.255 e. The highest BCUT2D eigenvalue weighted by Crippen LogP contribution is 2.18. The van der Waals surface area contributed by atoms with E-state index in [-0.39, 0.29) is 5.91 Å². The van der Waals surface area contributed by atoms with Crippen LogP contribution in [0.1, 0.15) is 28.0 Å². The van der Waals surface area contributed by atoms with Gasteiger partial charge in [-0.2, -0.15) is 0 Å². The first-order valence-corrected chi connectivity index (χ1v) is 9.20. The number of carbonyl (C=O) groups is 1. The maximum absolute atomic E-state index is 12.3. The number of anilines is 1. The van der Waals surface area contributed by atoms with E-state index in [4.69, 9.17) is 9.47 Å². The van der Waals surface area contributed by atoms with Crippen molar-refractivity contribution in [3.8, 4) is 11.5 Å². The van der Waals surface area contributed by atoms with Crippen molar-refractivity contribution in [3.05, 3.63) is 70.2 Å². The Kier molecular flexibility index (Phi) is 5.86. The van der Waals surface area contributed by atoms with Gasteiger partial charge < -0.3 is 14.8 Å². The van der Waals surface area contributed by atoms with Crippen LogP contribution >= 0.6 is 11.3 Å². The molecule has 0 aliphatic carbocycles. The number of aryl methyl sites for hydroxylation is 1. The highest BCUT2D eigenvalue weighted by Gasteiger charge is 2.07. The quantitative estimate of drug-likeness (QED) is 0.658. The van der Waals surface area contributed by atoms with Gasteiger partial charge in [0.25, 0.3) is 5.91 Å². The molecule has 1 amide bonds. The van der Waals surface area contributed by atoms with Gasteiger partial charge in [-0.1, -0.05) is 0 Å². The molecule has 1 N–H and O–H groups in total. The lowest BCUT2D eigenvalue weighted by Crippen LogP contribution is -2.11. The summed E-state index contributed by atoms with van der Waals surface area (Å²) in [6, 6.07) is 14.3. The van der Waals surface area contributed by atoms with E-state index in [1.165, 1.54) is 0 Å². The smallest absolute Gasteiger partial charge is 0.255 e. The zero-order valence-corrected chi connectivity index (χ0v) is 15.5. The first-order chi connectivity index (χ1) is 12.6. The fourth-order valence-electron chi connectivity index (χ4n) is 2.34. The first kappa shape index (κ1) is 17.9. The van der Waals surface area contributed by atoms with Crippen molar-refractivity contribution in [2.24, 2.45) is 0 Å². The van der Waals surface area contributed by atoms with Crippen LogP contribution in [0.4, 0.5) is 5.69 Å². The standard InChI is InChI=1S/C20H20N2O3S/c1-3-24-18-10-6-16(7-11-18)22-20(23)15-4-8-19(9-5-15)25-12-17-13-26-14(2)21-17/h4-11,13H,3,12H2,1-2H3,(H,22,23). The van der Waals surface area contributed by atoms with E-state index in [9.17, 15) is 4.79 Å². The summed E-state index contributed by atoms with van der Waals surface area (Å²) < 4.78 is 11.1. The zero-order valence-electron chi connectivity index (χ0n) is 14.7. The largest absolute Gasteiger partial charge is 0.494 e. The van der Waals surface area contributed by atoms with Crippen LogP contribution in [0.15, 0.2) is 53.9 Å². The number of rotatable bonds is 7. The molecule has 0 spiro atoms. The molecule has 6 heteroatoms. The number of amides is 1. The van der Waals surface area contributed by atoms with E-state index in [2.05, 4.69) is 10.3 Å². The van der Waals surface area contributed by atoms with Crippen LogP contribution < -0.4 is 14.8 Å². The molecular formula is C20H20N2O3S. The second-order valence-electron chi connectivity index (χ2n) is 5.58. The summed E-state index contributed by atoms with van der Waals surface area (Å²) in [5, 5.41) is 5.86. The Morgan fingerprint density at radius 2 is 1.69 bits per heavy atom. The molecule has 3 rings (SSSR count). The summed E-state index contributed by atoms with van der Waals surface area (Å²) in [5.74, 6) is 1.31. The van der Waals surface area contributed by atoms with Gasteiger partial charge in [0, 0.05) is 16.6 Å². The summed E-state index contributed by atoms with van der Waals surface area (Å²) in [6.07, 6.45) is 0. The third-order valence-corrected chi connectivity index (χ3v) is 4.42. The molecule has 1 aromatic heterocycles. The number of hydrogen-bond acceptors (Lipinski definition) is 5. The monoisotopic (exact) mass is 368 g/mol. The summed E-state index contributed by atoms with van der Waals surface area (Å²) >= 11 is 1.60. The molecule has 5 nitrogen and oxygen atoms in total. The SMILES string of the molecule is CCOc1ccc(NC(=O)c2ccc(OCc3csc(C)n3)cc2)cc1. The van der Waals surface area contributed by atoms with E-state index in [1.807, 2.05) is 43.5 Å². The van der Waals surface area contributed by atoms with Gasteiger partial charge in [-0.05, 0) is 62.4 Å². The molecule has 26 heavy (non-hydrogen) atoms. The Bertz CT molecular complexity index is 858. The molecule has 0 saturated heterocycles. The number of carbonyl (C=O) groups excluding carboxylic acids is 1. The Hall–Kier alpha value is -2.86. The summed E-state index contributed by atoms with van der Waals surface area (Å²) in [4.78, 5) is 16.7.